The van der Waals surface area contributed by atoms with E-state index < -0.39 is 0 Å². The molecule has 1 rings (SSSR count). The van der Waals surface area contributed by atoms with Gasteiger partial charge in [-0.25, -0.2) is 0 Å². The Morgan fingerprint density at radius 2 is 1.86 bits per heavy atom. The molecule has 0 spiro atoms. The van der Waals surface area contributed by atoms with Crippen LogP contribution in [-0.4, -0.2) is 30.3 Å². The molecule has 0 aliphatic carbocycles. The first kappa shape index (κ1) is 11.7. The predicted molar refractivity (Wildman–Crippen MR) is 59.3 cm³/mol. The molecule has 0 bridgehead atoms. The second-order valence-corrected chi connectivity index (χ2v) is 5.01. The summed E-state index contributed by atoms with van der Waals surface area (Å²) in [5.41, 5.74) is 0. The van der Waals surface area contributed by atoms with Gasteiger partial charge in [0.1, 0.15) is 5.78 Å². The molecule has 1 heterocycles. The lowest BCUT2D eigenvalue weighted by Crippen LogP contribution is -2.39. The molecule has 0 amide bonds. The summed E-state index contributed by atoms with van der Waals surface area (Å²) in [4.78, 5) is 13.3. The van der Waals surface area contributed by atoms with Crippen molar-refractivity contribution in [2.45, 2.75) is 40.0 Å². The Bertz CT molecular complexity index is 181. The summed E-state index contributed by atoms with van der Waals surface area (Å²) in [6.07, 6.45) is 3.15. The number of rotatable bonds is 4. The molecule has 1 saturated heterocycles. The standard InChI is InChI=1S/C12H23NO/c1-10-7-11(2)9-13(8-10)6-4-5-12(3)14/h10-11H,4-9H2,1-3H3. The van der Waals surface area contributed by atoms with Crippen LogP contribution in [0.2, 0.25) is 0 Å². The summed E-state index contributed by atoms with van der Waals surface area (Å²) in [6.45, 7) is 9.89. The molecule has 0 radical (unpaired) electrons. The number of nitrogens with zero attached hydrogens (tertiary/aromatic N) is 1. The number of likely N-dealkylation sites (tertiary alicyclic amines) is 1. The van der Waals surface area contributed by atoms with Gasteiger partial charge in [-0.3, -0.25) is 0 Å². The van der Waals surface area contributed by atoms with E-state index in [0.717, 1.165) is 31.2 Å². The molecule has 0 aromatic rings. The second kappa shape index (κ2) is 5.50. The van der Waals surface area contributed by atoms with Gasteiger partial charge in [0.05, 0.1) is 0 Å². The number of carbonyl (C=O) groups is 1. The molecule has 0 saturated carbocycles. The van der Waals surface area contributed by atoms with E-state index in [4.69, 9.17) is 0 Å². The number of carbonyl (C=O) groups excluding carboxylic acids is 1. The second-order valence-electron chi connectivity index (χ2n) is 5.01. The van der Waals surface area contributed by atoms with E-state index in [9.17, 15) is 4.79 Å². The van der Waals surface area contributed by atoms with Crippen LogP contribution < -0.4 is 0 Å². The zero-order valence-electron chi connectivity index (χ0n) is 9.75. The van der Waals surface area contributed by atoms with Crippen molar-refractivity contribution in [1.29, 1.82) is 0 Å². The number of Topliss-reactive ketones (excluding diaryl/α,β-unsaturated/α-hetero) is 1. The van der Waals surface area contributed by atoms with Crippen LogP contribution in [0.4, 0.5) is 0 Å². The summed E-state index contributed by atoms with van der Waals surface area (Å²) < 4.78 is 0. The van der Waals surface area contributed by atoms with Crippen molar-refractivity contribution in [1.82, 2.24) is 4.90 Å². The van der Waals surface area contributed by atoms with Crippen molar-refractivity contribution < 1.29 is 4.79 Å². The molecule has 0 aromatic heterocycles. The van der Waals surface area contributed by atoms with Gasteiger partial charge in [0.2, 0.25) is 0 Å². The van der Waals surface area contributed by atoms with E-state index in [2.05, 4.69) is 18.7 Å². The fourth-order valence-corrected chi connectivity index (χ4v) is 2.53. The first-order valence-corrected chi connectivity index (χ1v) is 5.79. The monoisotopic (exact) mass is 197 g/mol. The smallest absolute Gasteiger partial charge is 0.129 e. The van der Waals surface area contributed by atoms with Gasteiger partial charge in [-0.15, -0.1) is 0 Å². The molecule has 2 unspecified atom stereocenters. The van der Waals surface area contributed by atoms with Crippen molar-refractivity contribution in [3.8, 4) is 0 Å². The highest BCUT2D eigenvalue weighted by molar-refractivity contribution is 5.75. The number of hydrogen-bond donors (Lipinski definition) is 0. The van der Waals surface area contributed by atoms with Crippen molar-refractivity contribution in [3.63, 3.8) is 0 Å². The lowest BCUT2D eigenvalue weighted by atomic mass is 9.92. The highest BCUT2D eigenvalue weighted by Crippen LogP contribution is 2.20. The normalized spacial score (nSPS) is 29.1. The zero-order valence-corrected chi connectivity index (χ0v) is 9.75. The summed E-state index contributed by atoms with van der Waals surface area (Å²) in [5.74, 6) is 1.98. The lowest BCUT2D eigenvalue weighted by molar-refractivity contribution is -0.117. The summed E-state index contributed by atoms with van der Waals surface area (Å²) in [5, 5.41) is 0. The van der Waals surface area contributed by atoms with Crippen LogP contribution in [0, 0.1) is 11.8 Å². The van der Waals surface area contributed by atoms with E-state index in [1.54, 1.807) is 6.92 Å². The molecular formula is C12H23NO. The molecule has 2 nitrogen and oxygen atoms in total. The Hall–Kier alpha value is -0.370. The van der Waals surface area contributed by atoms with E-state index in [1.165, 1.54) is 19.5 Å². The van der Waals surface area contributed by atoms with Gasteiger partial charge >= 0.3 is 0 Å². The third-order valence-electron chi connectivity index (χ3n) is 2.95. The number of piperidine rings is 1. The van der Waals surface area contributed by atoms with Crippen molar-refractivity contribution >= 4 is 5.78 Å². The van der Waals surface area contributed by atoms with Crippen LogP contribution in [0.1, 0.15) is 40.0 Å². The SMILES string of the molecule is CC(=O)CCCN1CC(C)CC(C)C1. The third-order valence-corrected chi connectivity index (χ3v) is 2.95. The maximum Gasteiger partial charge on any atom is 0.129 e. The molecule has 0 N–H and O–H groups in total. The summed E-state index contributed by atoms with van der Waals surface area (Å²) >= 11 is 0. The molecule has 1 aliphatic rings. The average Bonchev–Trinajstić information content (AvgIpc) is 2.01. The lowest BCUT2D eigenvalue weighted by Gasteiger charge is -2.34. The van der Waals surface area contributed by atoms with Crippen molar-refractivity contribution in [2.75, 3.05) is 19.6 Å². The Balaban J connectivity index is 2.20. The Kier molecular flexibility index (Phi) is 4.59. The fourth-order valence-electron chi connectivity index (χ4n) is 2.53. The van der Waals surface area contributed by atoms with Crippen molar-refractivity contribution in [3.05, 3.63) is 0 Å². The first-order valence-electron chi connectivity index (χ1n) is 5.79. The quantitative estimate of drug-likeness (QED) is 0.689. The Labute approximate surface area is 87.7 Å². The van der Waals surface area contributed by atoms with Crippen molar-refractivity contribution in [2.24, 2.45) is 11.8 Å². The number of hydrogen-bond acceptors (Lipinski definition) is 2. The molecule has 2 heteroatoms. The van der Waals surface area contributed by atoms with Crippen LogP contribution in [0.15, 0.2) is 0 Å². The minimum atomic E-state index is 0.322. The Morgan fingerprint density at radius 1 is 1.29 bits per heavy atom. The molecule has 82 valence electrons. The van der Waals surface area contributed by atoms with E-state index in [0.29, 0.717) is 5.78 Å². The van der Waals surface area contributed by atoms with Gasteiger partial charge in [0, 0.05) is 19.5 Å². The molecule has 0 aromatic carbocycles. The van der Waals surface area contributed by atoms with Gasteiger partial charge in [-0.05, 0) is 38.1 Å². The summed E-state index contributed by atoms with van der Waals surface area (Å²) in [7, 11) is 0. The molecule has 1 fully saturated rings. The van der Waals surface area contributed by atoms with Gasteiger partial charge in [0.25, 0.3) is 0 Å². The minimum Gasteiger partial charge on any atom is -0.303 e. The van der Waals surface area contributed by atoms with Crippen LogP contribution in [0.3, 0.4) is 0 Å². The van der Waals surface area contributed by atoms with Gasteiger partial charge < -0.3 is 9.69 Å². The van der Waals surface area contributed by atoms with E-state index >= 15 is 0 Å². The molecule has 1 aliphatic heterocycles. The highest BCUT2D eigenvalue weighted by Gasteiger charge is 2.20. The maximum absolute atomic E-state index is 10.8. The van der Waals surface area contributed by atoms with Gasteiger partial charge in [0.15, 0.2) is 0 Å². The molecule has 14 heavy (non-hydrogen) atoms. The Morgan fingerprint density at radius 3 is 2.36 bits per heavy atom. The van der Waals surface area contributed by atoms with Gasteiger partial charge in [-0.2, -0.15) is 0 Å². The van der Waals surface area contributed by atoms with Gasteiger partial charge in [-0.1, -0.05) is 13.8 Å². The van der Waals surface area contributed by atoms with E-state index in [1.807, 2.05) is 0 Å². The highest BCUT2D eigenvalue weighted by atomic mass is 16.1. The maximum atomic E-state index is 10.8. The third kappa shape index (κ3) is 4.23. The fraction of sp³-hybridized carbons (Fsp3) is 0.917. The predicted octanol–water partition coefficient (Wildman–Crippen LogP) is 2.33. The first-order chi connectivity index (χ1) is 6.58. The number of ketones is 1. The molecule has 2 atom stereocenters. The largest absolute Gasteiger partial charge is 0.303 e. The summed E-state index contributed by atoms with van der Waals surface area (Å²) in [6, 6.07) is 0. The topological polar surface area (TPSA) is 20.3 Å². The van der Waals surface area contributed by atoms with E-state index in [-0.39, 0.29) is 0 Å². The average molecular weight is 197 g/mol. The zero-order chi connectivity index (χ0) is 10.6. The van der Waals surface area contributed by atoms with Crippen LogP contribution in [0.25, 0.3) is 0 Å². The minimum absolute atomic E-state index is 0.322. The van der Waals surface area contributed by atoms with Crippen LogP contribution >= 0.6 is 0 Å². The van der Waals surface area contributed by atoms with Crippen LogP contribution in [-0.2, 0) is 4.79 Å². The van der Waals surface area contributed by atoms with Crippen LogP contribution in [0.5, 0.6) is 0 Å². The molecular weight excluding hydrogens is 174 g/mol.